The fraction of sp³-hybridized carbons (Fsp3) is 0.643. The third-order valence-electron chi connectivity index (χ3n) is 2.84. The smallest absolute Gasteiger partial charge is 0.222 e. The van der Waals surface area contributed by atoms with Gasteiger partial charge < -0.3 is 11.1 Å². The van der Waals surface area contributed by atoms with Gasteiger partial charge in [-0.2, -0.15) is 11.3 Å². The summed E-state index contributed by atoms with van der Waals surface area (Å²) in [5.41, 5.74) is 6.87. The maximum atomic E-state index is 11.9. The first-order valence-electron chi connectivity index (χ1n) is 6.54. The van der Waals surface area contributed by atoms with Crippen molar-refractivity contribution in [2.45, 2.75) is 45.3 Å². The summed E-state index contributed by atoms with van der Waals surface area (Å²) >= 11 is 1.69. The molecule has 0 saturated carbocycles. The topological polar surface area (TPSA) is 58.4 Å². The molecule has 0 aromatic carbocycles. The molecule has 4 nitrogen and oxygen atoms in total. The lowest BCUT2D eigenvalue weighted by molar-refractivity contribution is -0.123. The van der Waals surface area contributed by atoms with Gasteiger partial charge in [0.1, 0.15) is 0 Å². The standard InChI is InChI=1S/C14H25N3OS/c1-14(2,3)16-13(18)7-12(8-15)17(4)9-11-5-6-19-10-11/h5-6,10,12H,7-9,15H2,1-4H3,(H,16,18). The molecule has 1 atom stereocenters. The third kappa shape index (κ3) is 6.18. The molecule has 0 spiro atoms. The van der Waals surface area contributed by atoms with Crippen molar-refractivity contribution in [3.8, 4) is 0 Å². The molecule has 1 aromatic rings. The highest BCUT2D eigenvalue weighted by atomic mass is 32.1. The summed E-state index contributed by atoms with van der Waals surface area (Å²) in [5.74, 6) is 0.0557. The number of carbonyl (C=O) groups is 1. The Labute approximate surface area is 120 Å². The average Bonchev–Trinajstić information content (AvgIpc) is 2.75. The predicted molar refractivity (Wildman–Crippen MR) is 81.1 cm³/mol. The minimum Gasteiger partial charge on any atom is -0.351 e. The van der Waals surface area contributed by atoms with Crippen LogP contribution in [0.25, 0.3) is 0 Å². The second kappa shape index (κ2) is 7.03. The van der Waals surface area contributed by atoms with Crippen LogP contribution < -0.4 is 11.1 Å². The molecule has 0 saturated heterocycles. The van der Waals surface area contributed by atoms with Gasteiger partial charge in [0.05, 0.1) is 0 Å². The number of rotatable bonds is 6. The Morgan fingerprint density at radius 1 is 1.53 bits per heavy atom. The lowest BCUT2D eigenvalue weighted by Gasteiger charge is -2.28. The summed E-state index contributed by atoms with van der Waals surface area (Å²) in [6.45, 7) is 7.26. The van der Waals surface area contributed by atoms with Crippen molar-refractivity contribution < 1.29 is 4.79 Å². The van der Waals surface area contributed by atoms with Crippen LogP contribution in [0, 0.1) is 0 Å². The van der Waals surface area contributed by atoms with Crippen molar-refractivity contribution in [2.24, 2.45) is 5.73 Å². The number of amides is 1. The Bertz CT molecular complexity index is 384. The molecule has 0 aliphatic heterocycles. The van der Waals surface area contributed by atoms with Crippen LogP contribution in [0.3, 0.4) is 0 Å². The van der Waals surface area contributed by atoms with Crippen LogP contribution in [-0.4, -0.2) is 36.0 Å². The second-order valence-electron chi connectivity index (χ2n) is 5.94. The lowest BCUT2D eigenvalue weighted by atomic mass is 10.1. The quantitative estimate of drug-likeness (QED) is 0.837. The molecule has 1 unspecified atom stereocenters. The zero-order valence-corrected chi connectivity index (χ0v) is 13.1. The van der Waals surface area contributed by atoms with Crippen molar-refractivity contribution in [2.75, 3.05) is 13.6 Å². The van der Waals surface area contributed by atoms with Crippen molar-refractivity contribution in [1.82, 2.24) is 10.2 Å². The van der Waals surface area contributed by atoms with Gasteiger partial charge in [-0.3, -0.25) is 9.69 Å². The highest BCUT2D eigenvalue weighted by Gasteiger charge is 2.20. The maximum absolute atomic E-state index is 11.9. The molecule has 1 rings (SSSR count). The van der Waals surface area contributed by atoms with E-state index in [1.54, 1.807) is 11.3 Å². The maximum Gasteiger partial charge on any atom is 0.222 e. The molecular weight excluding hydrogens is 258 g/mol. The van der Waals surface area contributed by atoms with E-state index in [0.717, 1.165) is 6.54 Å². The largest absolute Gasteiger partial charge is 0.351 e. The summed E-state index contributed by atoms with van der Waals surface area (Å²) in [6, 6.07) is 2.17. The number of nitrogens with one attached hydrogen (secondary N) is 1. The number of thiophene rings is 1. The van der Waals surface area contributed by atoms with Crippen LogP contribution in [-0.2, 0) is 11.3 Å². The molecule has 1 amide bonds. The molecule has 1 heterocycles. The van der Waals surface area contributed by atoms with Crippen molar-refractivity contribution >= 4 is 17.2 Å². The van der Waals surface area contributed by atoms with Gasteiger partial charge in [-0.15, -0.1) is 0 Å². The molecule has 5 heteroatoms. The molecular formula is C14H25N3OS. The normalized spacial score (nSPS) is 13.6. The number of likely N-dealkylation sites (N-methyl/N-ethyl adjacent to an activating group) is 1. The SMILES string of the molecule is CN(Cc1ccsc1)C(CN)CC(=O)NC(C)(C)C. The first-order chi connectivity index (χ1) is 8.81. The summed E-state index contributed by atoms with van der Waals surface area (Å²) in [7, 11) is 2.01. The van der Waals surface area contributed by atoms with Crippen molar-refractivity contribution in [1.29, 1.82) is 0 Å². The fourth-order valence-corrected chi connectivity index (χ4v) is 2.56. The van der Waals surface area contributed by atoms with Gasteiger partial charge >= 0.3 is 0 Å². The molecule has 0 radical (unpaired) electrons. The molecule has 0 aliphatic rings. The second-order valence-corrected chi connectivity index (χ2v) is 6.72. The van der Waals surface area contributed by atoms with Gasteiger partial charge in [0, 0.05) is 31.1 Å². The number of carbonyl (C=O) groups excluding carboxylic acids is 1. The molecule has 0 fully saturated rings. The Balaban J connectivity index is 2.50. The van der Waals surface area contributed by atoms with Gasteiger partial charge in [0.15, 0.2) is 0 Å². The minimum atomic E-state index is -0.192. The number of nitrogens with two attached hydrogens (primary N) is 1. The van der Waals surface area contributed by atoms with Gasteiger partial charge in [-0.25, -0.2) is 0 Å². The zero-order valence-electron chi connectivity index (χ0n) is 12.3. The van der Waals surface area contributed by atoms with Crippen molar-refractivity contribution in [3.05, 3.63) is 22.4 Å². The van der Waals surface area contributed by atoms with E-state index in [9.17, 15) is 4.79 Å². The average molecular weight is 283 g/mol. The van der Waals surface area contributed by atoms with E-state index in [1.807, 2.05) is 27.8 Å². The Kier molecular flexibility index (Phi) is 5.97. The van der Waals surface area contributed by atoms with Crippen LogP contribution in [0.1, 0.15) is 32.8 Å². The van der Waals surface area contributed by atoms with E-state index in [4.69, 9.17) is 5.73 Å². The number of hydrogen-bond donors (Lipinski definition) is 2. The molecule has 19 heavy (non-hydrogen) atoms. The third-order valence-corrected chi connectivity index (χ3v) is 3.57. The molecule has 108 valence electrons. The number of nitrogens with zero attached hydrogens (tertiary/aromatic N) is 1. The molecule has 0 bridgehead atoms. The van der Waals surface area contributed by atoms with Crippen LogP contribution in [0.5, 0.6) is 0 Å². The zero-order chi connectivity index (χ0) is 14.5. The van der Waals surface area contributed by atoms with E-state index in [0.29, 0.717) is 13.0 Å². The van der Waals surface area contributed by atoms with Gasteiger partial charge in [-0.05, 0) is 50.2 Å². The monoisotopic (exact) mass is 283 g/mol. The first-order valence-corrected chi connectivity index (χ1v) is 7.48. The van der Waals surface area contributed by atoms with E-state index in [2.05, 4.69) is 27.0 Å². The molecule has 0 aliphatic carbocycles. The Hall–Kier alpha value is -0.910. The van der Waals surface area contributed by atoms with Crippen LogP contribution in [0.15, 0.2) is 16.8 Å². The van der Waals surface area contributed by atoms with Gasteiger partial charge in [0.25, 0.3) is 0 Å². The van der Waals surface area contributed by atoms with Crippen LogP contribution in [0.4, 0.5) is 0 Å². The summed E-state index contributed by atoms with van der Waals surface area (Å²) in [5, 5.41) is 7.17. The van der Waals surface area contributed by atoms with E-state index in [1.165, 1.54) is 5.56 Å². The summed E-state index contributed by atoms with van der Waals surface area (Å²) < 4.78 is 0. The van der Waals surface area contributed by atoms with E-state index in [-0.39, 0.29) is 17.5 Å². The minimum absolute atomic E-state index is 0.0557. The van der Waals surface area contributed by atoms with Crippen LogP contribution in [0.2, 0.25) is 0 Å². The Morgan fingerprint density at radius 2 is 2.21 bits per heavy atom. The van der Waals surface area contributed by atoms with Gasteiger partial charge in [0.2, 0.25) is 5.91 Å². The predicted octanol–water partition coefficient (Wildman–Crippen LogP) is 1.81. The Morgan fingerprint density at radius 3 is 2.68 bits per heavy atom. The summed E-state index contributed by atoms with van der Waals surface area (Å²) in [4.78, 5) is 14.1. The summed E-state index contributed by atoms with van der Waals surface area (Å²) in [6.07, 6.45) is 0.439. The van der Waals surface area contributed by atoms with Gasteiger partial charge in [-0.1, -0.05) is 0 Å². The van der Waals surface area contributed by atoms with E-state index < -0.39 is 0 Å². The fourth-order valence-electron chi connectivity index (χ4n) is 1.90. The van der Waals surface area contributed by atoms with Crippen molar-refractivity contribution in [3.63, 3.8) is 0 Å². The highest BCUT2D eigenvalue weighted by molar-refractivity contribution is 7.07. The highest BCUT2D eigenvalue weighted by Crippen LogP contribution is 2.12. The first kappa shape index (κ1) is 16.1. The van der Waals surface area contributed by atoms with E-state index >= 15 is 0 Å². The molecule has 3 N–H and O–H groups in total. The lowest BCUT2D eigenvalue weighted by Crippen LogP contribution is -2.46. The molecule has 1 aromatic heterocycles. The number of hydrogen-bond acceptors (Lipinski definition) is 4. The van der Waals surface area contributed by atoms with Crippen LogP contribution >= 0.6 is 11.3 Å².